The van der Waals surface area contributed by atoms with E-state index in [1.165, 1.54) is 0 Å². The average molecular weight is 321 g/mol. The maximum atomic E-state index is 12.1. The number of carbonyl (C=O) groups excluding carboxylic acids is 1. The second-order valence-electron chi connectivity index (χ2n) is 8.10. The summed E-state index contributed by atoms with van der Waals surface area (Å²) < 4.78 is 6.09. The Bertz CT molecular complexity index is 528. The number of hydrogen-bond acceptors (Lipinski definition) is 3. The van der Waals surface area contributed by atoms with E-state index in [4.69, 9.17) is 4.43 Å². The molecule has 1 rings (SSSR count). The number of nitrogens with one attached hydrogen (secondary N) is 1. The third kappa shape index (κ3) is 5.89. The number of amides is 1. The van der Waals surface area contributed by atoms with E-state index in [1.807, 2.05) is 46.8 Å². The van der Waals surface area contributed by atoms with Crippen molar-refractivity contribution in [2.75, 3.05) is 5.32 Å². The number of aromatic nitrogens is 1. The molecule has 0 aliphatic rings. The van der Waals surface area contributed by atoms with Crippen LogP contribution in [0.3, 0.4) is 0 Å². The minimum Gasteiger partial charge on any atom is -0.408 e. The molecule has 0 saturated carbocycles. The van der Waals surface area contributed by atoms with Crippen molar-refractivity contribution in [2.24, 2.45) is 5.41 Å². The van der Waals surface area contributed by atoms with Crippen LogP contribution in [0.25, 0.3) is 0 Å². The Hall–Kier alpha value is -1.20. The number of hydrogen-bond donors (Lipinski definition) is 1. The highest BCUT2D eigenvalue weighted by Crippen LogP contribution is 2.30. The first-order valence-electron chi connectivity index (χ1n) is 7.54. The molecule has 0 unspecified atom stereocenters. The zero-order valence-electron chi connectivity index (χ0n) is 15.0. The van der Waals surface area contributed by atoms with Gasteiger partial charge in [-0.15, -0.1) is 0 Å². The van der Waals surface area contributed by atoms with E-state index < -0.39 is 11.0 Å². The van der Waals surface area contributed by atoms with Gasteiger partial charge in [-0.05, 0) is 36.6 Å². The first-order chi connectivity index (χ1) is 9.81. The lowest BCUT2D eigenvalue weighted by molar-refractivity contribution is -0.123. The van der Waals surface area contributed by atoms with Crippen LogP contribution >= 0.6 is 0 Å². The van der Waals surface area contributed by atoms with E-state index in [0.29, 0.717) is 15.6 Å². The number of nitrogens with zero attached hydrogens (tertiary/aromatic N) is 1. The van der Waals surface area contributed by atoms with Crippen LogP contribution in [0.5, 0.6) is 0 Å². The number of rotatable bonds is 4. The van der Waals surface area contributed by atoms with Crippen LogP contribution in [0.1, 0.15) is 61.0 Å². The topological polar surface area (TPSA) is 51.2 Å². The fraction of sp³-hybridized carbons (Fsp3) is 0.647. The van der Waals surface area contributed by atoms with Crippen LogP contribution in [0, 0.1) is 5.41 Å². The second kappa shape index (κ2) is 6.50. The van der Waals surface area contributed by atoms with E-state index in [-0.39, 0.29) is 10.9 Å². The molecule has 0 saturated heterocycles. The van der Waals surface area contributed by atoms with Crippen molar-refractivity contribution in [1.29, 1.82) is 0 Å². The van der Waals surface area contributed by atoms with Crippen molar-refractivity contribution in [1.82, 2.24) is 4.98 Å². The molecular weight excluding hydrogens is 292 g/mol. The summed E-state index contributed by atoms with van der Waals surface area (Å²) >= 11 is 0. The molecule has 4 nitrogen and oxygen atoms in total. The predicted molar refractivity (Wildman–Crippen MR) is 91.9 cm³/mol. The first kappa shape index (κ1) is 18.8. The average Bonchev–Trinajstić information content (AvgIpc) is 2.35. The maximum Gasteiger partial charge on any atom is 0.236 e. The van der Waals surface area contributed by atoms with Gasteiger partial charge in [0.2, 0.25) is 15.7 Å². The first-order valence-corrected chi connectivity index (χ1v) is 8.45. The van der Waals surface area contributed by atoms with E-state index in [0.717, 1.165) is 5.56 Å². The molecule has 5 heteroatoms. The molecular formula is C17H28N2O2Si. The lowest BCUT2D eigenvalue weighted by Crippen LogP contribution is -2.29. The molecule has 1 aromatic heterocycles. The Labute approximate surface area is 137 Å². The molecule has 1 N–H and O–H groups in total. The minimum absolute atomic E-state index is 0.0487. The maximum absolute atomic E-state index is 12.1. The zero-order valence-corrected chi connectivity index (χ0v) is 16.0. The summed E-state index contributed by atoms with van der Waals surface area (Å²) in [5.74, 6) is 0.514. The van der Waals surface area contributed by atoms with Gasteiger partial charge in [0.25, 0.3) is 0 Å². The van der Waals surface area contributed by atoms with Gasteiger partial charge in [-0.1, -0.05) is 41.5 Å². The summed E-state index contributed by atoms with van der Waals surface area (Å²) in [4.78, 5) is 16.3. The molecule has 22 heavy (non-hydrogen) atoms. The molecule has 0 fully saturated rings. The summed E-state index contributed by atoms with van der Waals surface area (Å²) in [5, 5.41) is 3.00. The van der Waals surface area contributed by atoms with Gasteiger partial charge >= 0.3 is 0 Å². The Kier molecular flexibility index (Phi) is 5.57. The van der Waals surface area contributed by atoms with Crippen LogP contribution in [-0.4, -0.2) is 20.7 Å². The van der Waals surface area contributed by atoms with Crippen LogP contribution in [0.2, 0.25) is 5.04 Å². The van der Waals surface area contributed by atoms with Gasteiger partial charge in [0, 0.05) is 11.6 Å². The van der Waals surface area contributed by atoms with Gasteiger partial charge in [-0.25, -0.2) is 4.98 Å². The Morgan fingerprint density at radius 1 is 1.14 bits per heavy atom. The Morgan fingerprint density at radius 2 is 1.73 bits per heavy atom. The van der Waals surface area contributed by atoms with E-state index in [1.54, 1.807) is 6.20 Å². The standard InChI is InChI=1S/C17H28N2O2Si/c1-15(2,3)14(20)19-13-11-12(9-10-18-13)17(7,8)21-22-16(4,5)6/h9-11H,1-8H3,(H,18,19,20). The largest absolute Gasteiger partial charge is 0.408 e. The SMILES string of the molecule is CC(C)(C)[Si]OC(C)(C)c1ccnc(NC(=O)C(C)(C)C)c1. The number of carbonyl (C=O) groups is 1. The van der Waals surface area contributed by atoms with Gasteiger partial charge < -0.3 is 9.74 Å². The number of anilines is 1. The third-order valence-corrected chi connectivity index (χ3v) is 4.22. The molecule has 122 valence electrons. The zero-order chi connectivity index (χ0) is 17.2. The van der Waals surface area contributed by atoms with E-state index in [2.05, 4.69) is 31.1 Å². The highest BCUT2D eigenvalue weighted by molar-refractivity contribution is 6.31. The van der Waals surface area contributed by atoms with E-state index >= 15 is 0 Å². The summed E-state index contributed by atoms with van der Waals surface area (Å²) in [7, 11) is 0.394. The van der Waals surface area contributed by atoms with Crippen molar-refractivity contribution in [2.45, 2.75) is 66.0 Å². The molecule has 1 heterocycles. The van der Waals surface area contributed by atoms with Crippen molar-refractivity contribution >= 4 is 21.5 Å². The molecule has 2 radical (unpaired) electrons. The molecule has 0 aliphatic carbocycles. The summed E-state index contributed by atoms with van der Waals surface area (Å²) in [6, 6.07) is 3.82. The Morgan fingerprint density at radius 3 is 2.23 bits per heavy atom. The van der Waals surface area contributed by atoms with Crippen LogP contribution in [0.4, 0.5) is 5.82 Å². The quantitative estimate of drug-likeness (QED) is 0.848. The highest BCUT2D eigenvalue weighted by atomic mass is 28.2. The van der Waals surface area contributed by atoms with Gasteiger partial charge in [-0.2, -0.15) is 0 Å². The second-order valence-corrected chi connectivity index (χ2v) is 10.0. The van der Waals surface area contributed by atoms with Crippen molar-refractivity contribution < 1.29 is 9.22 Å². The van der Waals surface area contributed by atoms with Crippen molar-refractivity contribution in [3.63, 3.8) is 0 Å². The lowest BCUT2D eigenvalue weighted by atomic mass is 9.95. The molecule has 0 aliphatic heterocycles. The molecule has 0 bridgehead atoms. The normalized spacial score (nSPS) is 13.1. The smallest absolute Gasteiger partial charge is 0.236 e. The van der Waals surface area contributed by atoms with Crippen molar-refractivity contribution in [3.8, 4) is 0 Å². The molecule has 0 atom stereocenters. The van der Waals surface area contributed by atoms with Gasteiger partial charge in [0.15, 0.2) is 0 Å². The minimum atomic E-state index is -0.447. The van der Waals surface area contributed by atoms with Gasteiger partial charge in [0.1, 0.15) is 5.82 Å². The van der Waals surface area contributed by atoms with Crippen LogP contribution in [0.15, 0.2) is 18.3 Å². The lowest BCUT2D eigenvalue weighted by Gasteiger charge is -2.30. The molecule has 1 amide bonds. The molecule has 0 spiro atoms. The Balaban J connectivity index is 2.89. The highest BCUT2D eigenvalue weighted by Gasteiger charge is 2.26. The fourth-order valence-electron chi connectivity index (χ4n) is 1.52. The molecule has 0 aromatic carbocycles. The molecule has 1 aromatic rings. The third-order valence-electron chi connectivity index (χ3n) is 2.99. The number of pyridine rings is 1. The van der Waals surface area contributed by atoms with Gasteiger partial charge in [-0.3, -0.25) is 4.79 Å². The van der Waals surface area contributed by atoms with Crippen LogP contribution in [-0.2, 0) is 14.8 Å². The van der Waals surface area contributed by atoms with E-state index in [9.17, 15) is 4.79 Å². The van der Waals surface area contributed by atoms with Crippen molar-refractivity contribution in [3.05, 3.63) is 23.9 Å². The predicted octanol–water partition coefficient (Wildman–Crippen LogP) is 4.16. The summed E-state index contributed by atoms with van der Waals surface area (Å²) in [6.45, 7) is 16.2. The van der Waals surface area contributed by atoms with Crippen LogP contribution < -0.4 is 5.32 Å². The van der Waals surface area contributed by atoms with Gasteiger partial charge in [0.05, 0.1) is 5.60 Å². The fourth-order valence-corrected chi connectivity index (χ4v) is 2.20. The summed E-state index contributed by atoms with van der Waals surface area (Å²) in [5.41, 5.74) is 0.135. The summed E-state index contributed by atoms with van der Waals surface area (Å²) in [6.07, 6.45) is 1.71. The monoisotopic (exact) mass is 320 g/mol.